The van der Waals surface area contributed by atoms with E-state index < -0.39 is 6.61 Å². The molecule has 24 heavy (non-hydrogen) atoms. The van der Waals surface area contributed by atoms with Crippen LogP contribution in [0.25, 0.3) is 0 Å². The molecule has 0 saturated heterocycles. The fourth-order valence-electron chi connectivity index (χ4n) is 2.41. The SMILES string of the molecule is CCC(NC(=O)CN(C)CCCOC)c1ccccc1OC(F)F. The largest absolute Gasteiger partial charge is 0.434 e. The molecule has 0 aliphatic rings. The van der Waals surface area contributed by atoms with Gasteiger partial charge < -0.3 is 14.8 Å². The number of likely N-dealkylation sites (N-methyl/N-ethyl adjacent to an activating group) is 1. The zero-order valence-electron chi connectivity index (χ0n) is 14.4. The van der Waals surface area contributed by atoms with E-state index in [0.717, 1.165) is 13.0 Å². The number of hydrogen-bond acceptors (Lipinski definition) is 4. The van der Waals surface area contributed by atoms with Crippen LogP contribution in [0, 0.1) is 0 Å². The Hall–Kier alpha value is -1.73. The molecule has 1 aromatic rings. The molecule has 1 aromatic carbocycles. The van der Waals surface area contributed by atoms with Crippen LogP contribution < -0.4 is 10.1 Å². The lowest BCUT2D eigenvalue weighted by molar-refractivity contribution is -0.122. The van der Waals surface area contributed by atoms with Crippen molar-refractivity contribution in [2.45, 2.75) is 32.4 Å². The number of benzene rings is 1. The van der Waals surface area contributed by atoms with Crippen LogP contribution in [0.5, 0.6) is 5.75 Å². The number of para-hydroxylation sites is 1. The van der Waals surface area contributed by atoms with Crippen molar-refractivity contribution in [2.75, 3.05) is 33.9 Å². The highest BCUT2D eigenvalue weighted by Gasteiger charge is 2.19. The highest BCUT2D eigenvalue weighted by molar-refractivity contribution is 5.78. The van der Waals surface area contributed by atoms with Crippen molar-refractivity contribution in [2.24, 2.45) is 0 Å². The van der Waals surface area contributed by atoms with Crippen LogP contribution in [0.3, 0.4) is 0 Å². The van der Waals surface area contributed by atoms with E-state index in [0.29, 0.717) is 18.6 Å². The van der Waals surface area contributed by atoms with Crippen molar-refractivity contribution in [3.8, 4) is 5.75 Å². The Morgan fingerprint density at radius 2 is 2.04 bits per heavy atom. The van der Waals surface area contributed by atoms with Gasteiger partial charge in [0.1, 0.15) is 5.75 Å². The maximum absolute atomic E-state index is 12.5. The Morgan fingerprint density at radius 1 is 1.33 bits per heavy atom. The van der Waals surface area contributed by atoms with Gasteiger partial charge in [-0.25, -0.2) is 0 Å². The van der Waals surface area contributed by atoms with Crippen molar-refractivity contribution in [3.63, 3.8) is 0 Å². The molecule has 0 heterocycles. The topological polar surface area (TPSA) is 50.8 Å². The van der Waals surface area contributed by atoms with Gasteiger partial charge in [-0.05, 0) is 26.0 Å². The number of nitrogens with zero attached hydrogens (tertiary/aromatic N) is 1. The number of alkyl halides is 2. The summed E-state index contributed by atoms with van der Waals surface area (Å²) in [6, 6.07) is 6.15. The van der Waals surface area contributed by atoms with E-state index in [1.165, 1.54) is 6.07 Å². The third-order valence-corrected chi connectivity index (χ3v) is 3.56. The summed E-state index contributed by atoms with van der Waals surface area (Å²) in [5, 5.41) is 2.88. The van der Waals surface area contributed by atoms with Crippen molar-refractivity contribution in [3.05, 3.63) is 29.8 Å². The molecule has 0 aliphatic heterocycles. The van der Waals surface area contributed by atoms with E-state index in [4.69, 9.17) is 4.74 Å². The third-order valence-electron chi connectivity index (χ3n) is 3.56. The van der Waals surface area contributed by atoms with Gasteiger partial charge in [0.25, 0.3) is 0 Å². The van der Waals surface area contributed by atoms with Gasteiger partial charge in [-0.1, -0.05) is 25.1 Å². The van der Waals surface area contributed by atoms with Crippen LogP contribution in [0.4, 0.5) is 8.78 Å². The lowest BCUT2D eigenvalue weighted by atomic mass is 10.0. The predicted octanol–water partition coefficient (Wildman–Crippen LogP) is 2.82. The van der Waals surface area contributed by atoms with Crippen LogP contribution in [-0.4, -0.2) is 51.3 Å². The van der Waals surface area contributed by atoms with E-state index in [2.05, 4.69) is 10.1 Å². The minimum absolute atomic E-state index is 0.0908. The highest BCUT2D eigenvalue weighted by Crippen LogP contribution is 2.28. The smallest absolute Gasteiger partial charge is 0.387 e. The maximum atomic E-state index is 12.5. The van der Waals surface area contributed by atoms with E-state index in [1.807, 2.05) is 18.9 Å². The molecule has 0 aliphatic carbocycles. The van der Waals surface area contributed by atoms with Crippen molar-refractivity contribution >= 4 is 5.91 Å². The molecule has 0 bridgehead atoms. The first-order valence-corrected chi connectivity index (χ1v) is 7.98. The molecule has 1 rings (SSSR count). The molecule has 1 unspecified atom stereocenters. The molecule has 1 N–H and O–H groups in total. The number of carbonyl (C=O) groups is 1. The summed E-state index contributed by atoms with van der Waals surface area (Å²) in [6.45, 7) is 0.599. The van der Waals surface area contributed by atoms with Gasteiger partial charge in [0.15, 0.2) is 0 Å². The first kappa shape index (κ1) is 20.3. The molecule has 0 spiro atoms. The van der Waals surface area contributed by atoms with Gasteiger partial charge in [-0.2, -0.15) is 8.78 Å². The van der Waals surface area contributed by atoms with Crippen molar-refractivity contribution in [1.82, 2.24) is 10.2 Å². The molecule has 1 atom stereocenters. The second-order valence-electron chi connectivity index (χ2n) is 5.53. The van der Waals surface area contributed by atoms with Crippen LogP contribution in [0.1, 0.15) is 31.4 Å². The minimum Gasteiger partial charge on any atom is -0.434 e. The van der Waals surface area contributed by atoms with Crippen LogP contribution in [-0.2, 0) is 9.53 Å². The number of methoxy groups -OCH3 is 1. The zero-order valence-corrected chi connectivity index (χ0v) is 14.4. The molecular formula is C17H26F2N2O3. The first-order valence-electron chi connectivity index (χ1n) is 7.98. The number of rotatable bonds is 11. The van der Waals surface area contributed by atoms with Gasteiger partial charge in [0.2, 0.25) is 5.91 Å². The standard InChI is InChI=1S/C17H26F2N2O3/c1-4-14(13-8-5-6-9-15(13)24-17(18)19)20-16(22)12-21(2)10-7-11-23-3/h5-6,8-9,14,17H,4,7,10-12H2,1-3H3,(H,20,22). The maximum Gasteiger partial charge on any atom is 0.387 e. The van der Waals surface area contributed by atoms with E-state index >= 15 is 0 Å². The van der Waals surface area contributed by atoms with Gasteiger partial charge >= 0.3 is 6.61 Å². The van der Waals surface area contributed by atoms with Gasteiger partial charge in [-0.15, -0.1) is 0 Å². The summed E-state index contributed by atoms with van der Waals surface area (Å²) in [6.07, 6.45) is 1.41. The minimum atomic E-state index is -2.90. The number of ether oxygens (including phenoxy) is 2. The summed E-state index contributed by atoms with van der Waals surface area (Å²) in [7, 11) is 3.49. The quantitative estimate of drug-likeness (QED) is 0.627. The molecule has 136 valence electrons. The molecule has 0 aromatic heterocycles. The normalized spacial score (nSPS) is 12.5. The predicted molar refractivity (Wildman–Crippen MR) is 88.2 cm³/mol. The van der Waals surface area contributed by atoms with E-state index in [-0.39, 0.29) is 24.2 Å². The monoisotopic (exact) mass is 344 g/mol. The Morgan fingerprint density at radius 3 is 2.67 bits per heavy atom. The number of carbonyl (C=O) groups excluding carboxylic acids is 1. The fraction of sp³-hybridized carbons (Fsp3) is 0.588. The molecule has 7 heteroatoms. The summed E-state index contributed by atoms with van der Waals surface area (Å²) in [5.41, 5.74) is 0.552. The van der Waals surface area contributed by atoms with E-state index in [9.17, 15) is 13.6 Å². The molecule has 1 amide bonds. The lowest BCUT2D eigenvalue weighted by Crippen LogP contribution is -2.37. The van der Waals surface area contributed by atoms with Gasteiger partial charge in [0, 0.05) is 25.8 Å². The van der Waals surface area contributed by atoms with Crippen molar-refractivity contribution < 1.29 is 23.0 Å². The Kier molecular flexibility index (Phi) is 9.26. The van der Waals surface area contributed by atoms with Gasteiger partial charge in [0.05, 0.1) is 12.6 Å². The number of amides is 1. The summed E-state index contributed by atoms with van der Waals surface area (Å²) < 4.78 is 34.6. The average molecular weight is 344 g/mol. The summed E-state index contributed by atoms with van der Waals surface area (Å²) in [5.74, 6) is -0.0679. The third kappa shape index (κ3) is 7.23. The van der Waals surface area contributed by atoms with Crippen LogP contribution >= 0.6 is 0 Å². The Balaban J connectivity index is 2.65. The Bertz CT molecular complexity index is 500. The van der Waals surface area contributed by atoms with Crippen LogP contribution in [0.15, 0.2) is 24.3 Å². The molecule has 0 saturated carbocycles. The van der Waals surface area contributed by atoms with Crippen molar-refractivity contribution in [1.29, 1.82) is 0 Å². The first-order chi connectivity index (χ1) is 11.5. The summed E-state index contributed by atoms with van der Waals surface area (Å²) in [4.78, 5) is 14.1. The highest BCUT2D eigenvalue weighted by atomic mass is 19.3. The lowest BCUT2D eigenvalue weighted by Gasteiger charge is -2.22. The second-order valence-corrected chi connectivity index (χ2v) is 5.53. The zero-order chi connectivity index (χ0) is 17.9. The fourth-order valence-corrected chi connectivity index (χ4v) is 2.41. The number of hydrogen-bond donors (Lipinski definition) is 1. The van der Waals surface area contributed by atoms with Gasteiger partial charge in [-0.3, -0.25) is 9.69 Å². The molecule has 0 radical (unpaired) electrons. The average Bonchev–Trinajstić information content (AvgIpc) is 2.53. The summed E-state index contributed by atoms with van der Waals surface area (Å²) >= 11 is 0. The second kappa shape index (κ2) is 10.9. The number of halogens is 2. The Labute approximate surface area is 141 Å². The van der Waals surface area contributed by atoms with Crippen LogP contribution in [0.2, 0.25) is 0 Å². The molecule has 0 fully saturated rings. The number of nitrogens with one attached hydrogen (secondary N) is 1. The van der Waals surface area contributed by atoms with E-state index in [1.54, 1.807) is 25.3 Å². The molecule has 5 nitrogen and oxygen atoms in total. The molecular weight excluding hydrogens is 318 g/mol.